The van der Waals surface area contributed by atoms with E-state index in [1.54, 1.807) is 0 Å². The number of benzene rings is 1. The Kier molecular flexibility index (Phi) is 5.51. The van der Waals surface area contributed by atoms with Crippen LogP contribution in [0.15, 0.2) is 18.2 Å². The Morgan fingerprint density at radius 2 is 1.95 bits per heavy atom. The highest BCUT2D eigenvalue weighted by molar-refractivity contribution is 6.31. The van der Waals surface area contributed by atoms with Gasteiger partial charge in [0.05, 0.1) is 0 Å². The molecule has 1 fully saturated rings. The Morgan fingerprint density at radius 3 is 2.55 bits per heavy atom. The lowest BCUT2D eigenvalue weighted by Gasteiger charge is -2.31. The predicted molar refractivity (Wildman–Crippen MR) is 88.3 cm³/mol. The molecular formula is C18H28ClN. The van der Waals surface area contributed by atoms with E-state index in [9.17, 15) is 0 Å². The van der Waals surface area contributed by atoms with Gasteiger partial charge in [0.25, 0.3) is 0 Å². The standard InChI is InChI=1S/C18H28ClN/c1-14(2)11-18(8-4-5-9-18)13-20-12-16-7-6-15(3)10-17(16)19/h6-7,10,14,20H,4-5,8-9,11-13H2,1-3H3. The van der Waals surface area contributed by atoms with Crippen molar-refractivity contribution in [3.8, 4) is 0 Å². The zero-order valence-electron chi connectivity index (χ0n) is 13.1. The summed E-state index contributed by atoms with van der Waals surface area (Å²) in [5.41, 5.74) is 2.98. The first-order valence-electron chi connectivity index (χ1n) is 7.96. The number of aryl methyl sites for hydroxylation is 1. The van der Waals surface area contributed by atoms with E-state index in [2.05, 4.69) is 44.3 Å². The van der Waals surface area contributed by atoms with Crippen LogP contribution in [0.2, 0.25) is 5.02 Å². The molecule has 1 nitrogen and oxygen atoms in total. The number of halogens is 1. The lowest BCUT2D eigenvalue weighted by atomic mass is 9.78. The summed E-state index contributed by atoms with van der Waals surface area (Å²) in [5, 5.41) is 4.56. The van der Waals surface area contributed by atoms with Gasteiger partial charge >= 0.3 is 0 Å². The maximum atomic E-state index is 6.30. The van der Waals surface area contributed by atoms with E-state index in [0.717, 1.165) is 24.0 Å². The van der Waals surface area contributed by atoms with E-state index in [4.69, 9.17) is 11.6 Å². The minimum atomic E-state index is 0.533. The summed E-state index contributed by atoms with van der Waals surface area (Å²) in [6, 6.07) is 6.34. The van der Waals surface area contributed by atoms with Crippen LogP contribution in [0.5, 0.6) is 0 Å². The van der Waals surface area contributed by atoms with Gasteiger partial charge in [-0.1, -0.05) is 50.4 Å². The van der Waals surface area contributed by atoms with Crippen molar-refractivity contribution in [1.29, 1.82) is 0 Å². The van der Waals surface area contributed by atoms with Gasteiger partial charge < -0.3 is 5.32 Å². The van der Waals surface area contributed by atoms with Crippen LogP contribution in [0.25, 0.3) is 0 Å². The third-order valence-corrected chi connectivity index (χ3v) is 4.88. The molecule has 1 saturated carbocycles. The molecule has 0 heterocycles. The highest BCUT2D eigenvalue weighted by atomic mass is 35.5. The molecule has 1 aromatic rings. The van der Waals surface area contributed by atoms with Gasteiger partial charge in [-0.2, -0.15) is 0 Å². The van der Waals surface area contributed by atoms with Crippen molar-refractivity contribution in [2.24, 2.45) is 11.3 Å². The second-order valence-electron chi connectivity index (χ2n) is 7.00. The lowest BCUT2D eigenvalue weighted by Crippen LogP contribution is -2.33. The molecule has 0 aromatic heterocycles. The van der Waals surface area contributed by atoms with Gasteiger partial charge in [0, 0.05) is 18.1 Å². The predicted octanol–water partition coefficient (Wildman–Crippen LogP) is 5.34. The molecule has 2 rings (SSSR count). The molecule has 0 amide bonds. The quantitative estimate of drug-likeness (QED) is 0.746. The minimum absolute atomic E-state index is 0.533. The second-order valence-corrected chi connectivity index (χ2v) is 7.41. The molecule has 1 aliphatic carbocycles. The topological polar surface area (TPSA) is 12.0 Å². The van der Waals surface area contributed by atoms with Gasteiger partial charge in [0.15, 0.2) is 0 Å². The number of rotatable bonds is 6. The summed E-state index contributed by atoms with van der Waals surface area (Å²) in [7, 11) is 0. The highest BCUT2D eigenvalue weighted by Crippen LogP contribution is 2.42. The van der Waals surface area contributed by atoms with Crippen molar-refractivity contribution in [2.45, 2.75) is 59.4 Å². The second kappa shape index (κ2) is 6.95. The van der Waals surface area contributed by atoms with Crippen LogP contribution in [-0.2, 0) is 6.54 Å². The van der Waals surface area contributed by atoms with Crippen molar-refractivity contribution >= 4 is 11.6 Å². The number of hydrogen-bond acceptors (Lipinski definition) is 1. The van der Waals surface area contributed by atoms with Crippen LogP contribution in [-0.4, -0.2) is 6.54 Å². The van der Waals surface area contributed by atoms with Crippen molar-refractivity contribution in [1.82, 2.24) is 5.32 Å². The van der Waals surface area contributed by atoms with Crippen LogP contribution >= 0.6 is 11.6 Å². The molecule has 0 saturated heterocycles. The van der Waals surface area contributed by atoms with E-state index < -0.39 is 0 Å². The van der Waals surface area contributed by atoms with Gasteiger partial charge in [-0.25, -0.2) is 0 Å². The molecule has 1 aromatic carbocycles. The molecule has 112 valence electrons. The van der Waals surface area contributed by atoms with E-state index in [0.29, 0.717) is 5.41 Å². The fraction of sp³-hybridized carbons (Fsp3) is 0.667. The fourth-order valence-corrected chi connectivity index (χ4v) is 4.00. The molecule has 0 aliphatic heterocycles. The SMILES string of the molecule is Cc1ccc(CNCC2(CC(C)C)CCCC2)c(Cl)c1. The molecule has 0 radical (unpaired) electrons. The van der Waals surface area contributed by atoms with Crippen molar-refractivity contribution in [3.63, 3.8) is 0 Å². The Hall–Kier alpha value is -0.530. The monoisotopic (exact) mass is 293 g/mol. The van der Waals surface area contributed by atoms with E-state index in [-0.39, 0.29) is 0 Å². The van der Waals surface area contributed by atoms with Crippen LogP contribution in [0.4, 0.5) is 0 Å². The first-order chi connectivity index (χ1) is 9.51. The Balaban J connectivity index is 1.90. The largest absolute Gasteiger partial charge is 0.312 e. The van der Waals surface area contributed by atoms with E-state index in [1.807, 2.05) is 0 Å². The van der Waals surface area contributed by atoms with Gasteiger partial charge in [0.1, 0.15) is 0 Å². The Morgan fingerprint density at radius 1 is 1.25 bits per heavy atom. The molecule has 2 heteroatoms. The van der Waals surface area contributed by atoms with E-state index >= 15 is 0 Å². The zero-order chi connectivity index (χ0) is 14.6. The molecule has 0 spiro atoms. The zero-order valence-corrected chi connectivity index (χ0v) is 13.9. The highest BCUT2D eigenvalue weighted by Gasteiger charge is 2.33. The molecule has 0 atom stereocenters. The lowest BCUT2D eigenvalue weighted by molar-refractivity contribution is 0.223. The number of hydrogen-bond donors (Lipinski definition) is 1. The first-order valence-corrected chi connectivity index (χ1v) is 8.34. The molecular weight excluding hydrogens is 266 g/mol. The Labute approximate surface area is 129 Å². The summed E-state index contributed by atoms with van der Waals surface area (Å²) < 4.78 is 0. The van der Waals surface area contributed by atoms with Gasteiger partial charge in [-0.3, -0.25) is 0 Å². The van der Waals surface area contributed by atoms with Crippen molar-refractivity contribution in [3.05, 3.63) is 34.3 Å². The fourth-order valence-electron chi connectivity index (χ4n) is 3.70. The number of nitrogens with one attached hydrogen (secondary N) is 1. The molecule has 1 aliphatic rings. The maximum Gasteiger partial charge on any atom is 0.0453 e. The van der Waals surface area contributed by atoms with Crippen LogP contribution in [0.3, 0.4) is 0 Å². The van der Waals surface area contributed by atoms with E-state index in [1.165, 1.54) is 43.2 Å². The summed E-state index contributed by atoms with van der Waals surface area (Å²) in [6.07, 6.45) is 6.93. The smallest absolute Gasteiger partial charge is 0.0453 e. The van der Waals surface area contributed by atoms with Crippen LogP contribution in [0.1, 0.15) is 57.1 Å². The van der Waals surface area contributed by atoms with Crippen LogP contribution in [0, 0.1) is 18.3 Å². The Bertz CT molecular complexity index is 433. The molecule has 0 unspecified atom stereocenters. The summed E-state index contributed by atoms with van der Waals surface area (Å²) in [6.45, 7) is 8.79. The normalized spacial score (nSPS) is 17.9. The first kappa shape index (κ1) is 15.9. The molecule has 0 bridgehead atoms. The molecule has 20 heavy (non-hydrogen) atoms. The van der Waals surface area contributed by atoms with Gasteiger partial charge in [-0.05, 0) is 54.7 Å². The molecule has 1 N–H and O–H groups in total. The van der Waals surface area contributed by atoms with Crippen molar-refractivity contribution < 1.29 is 0 Å². The summed E-state index contributed by atoms with van der Waals surface area (Å²) >= 11 is 6.30. The van der Waals surface area contributed by atoms with Crippen LogP contribution < -0.4 is 5.32 Å². The third kappa shape index (κ3) is 4.23. The maximum absolute atomic E-state index is 6.30. The third-order valence-electron chi connectivity index (χ3n) is 4.53. The van der Waals surface area contributed by atoms with Crippen molar-refractivity contribution in [2.75, 3.05) is 6.54 Å². The van der Waals surface area contributed by atoms with Gasteiger partial charge in [-0.15, -0.1) is 0 Å². The minimum Gasteiger partial charge on any atom is -0.312 e. The summed E-state index contributed by atoms with van der Waals surface area (Å²) in [4.78, 5) is 0. The van der Waals surface area contributed by atoms with Gasteiger partial charge in [0.2, 0.25) is 0 Å². The average Bonchev–Trinajstić information content (AvgIpc) is 2.80. The average molecular weight is 294 g/mol. The summed E-state index contributed by atoms with van der Waals surface area (Å²) in [5.74, 6) is 0.790.